The summed E-state index contributed by atoms with van der Waals surface area (Å²) in [4.78, 5) is 11.6. The summed E-state index contributed by atoms with van der Waals surface area (Å²) in [6.07, 6.45) is 4.35. The summed E-state index contributed by atoms with van der Waals surface area (Å²) in [5, 5.41) is 3.45. The summed E-state index contributed by atoms with van der Waals surface area (Å²) in [7, 11) is 0. The van der Waals surface area contributed by atoms with Gasteiger partial charge in [-0.05, 0) is 40.0 Å². The third kappa shape index (κ3) is 2.04. The number of nitrogens with one attached hydrogen (secondary N) is 1. The second-order valence-corrected chi connectivity index (χ2v) is 6.66. The van der Waals surface area contributed by atoms with Gasteiger partial charge in [-0.3, -0.25) is 0 Å². The molecular formula is C12H21NO2S. The second-order valence-electron chi connectivity index (χ2n) is 6.04. The van der Waals surface area contributed by atoms with Crippen molar-refractivity contribution in [2.75, 3.05) is 0 Å². The monoisotopic (exact) mass is 243 g/mol. The van der Waals surface area contributed by atoms with Gasteiger partial charge in [-0.25, -0.2) is 4.79 Å². The number of amides is 1. The van der Waals surface area contributed by atoms with E-state index in [-0.39, 0.29) is 17.6 Å². The molecule has 0 aromatic rings. The first-order valence-electron chi connectivity index (χ1n) is 6.01. The van der Waals surface area contributed by atoms with Crippen molar-refractivity contribution in [2.45, 2.75) is 63.3 Å². The molecule has 0 heterocycles. The number of alkyl carbamates (subject to hydrolysis) is 1. The summed E-state index contributed by atoms with van der Waals surface area (Å²) in [6, 6.07) is 0.276. The maximum absolute atomic E-state index is 11.6. The Labute approximate surface area is 103 Å². The third-order valence-electron chi connectivity index (χ3n) is 3.79. The van der Waals surface area contributed by atoms with Gasteiger partial charge < -0.3 is 10.1 Å². The van der Waals surface area contributed by atoms with Crippen molar-refractivity contribution in [3.63, 3.8) is 0 Å². The van der Waals surface area contributed by atoms with Crippen LogP contribution in [0.15, 0.2) is 0 Å². The lowest BCUT2D eigenvalue weighted by atomic mass is 9.52. The zero-order valence-electron chi connectivity index (χ0n) is 10.2. The summed E-state index contributed by atoms with van der Waals surface area (Å²) in [5.74, 6) is 0. The Morgan fingerprint density at radius 1 is 1.44 bits per heavy atom. The quantitative estimate of drug-likeness (QED) is 0.695. The molecule has 0 radical (unpaired) electrons. The highest BCUT2D eigenvalue weighted by molar-refractivity contribution is 7.81. The molecule has 3 nitrogen and oxygen atoms in total. The van der Waals surface area contributed by atoms with E-state index in [2.05, 4.69) is 17.9 Å². The van der Waals surface area contributed by atoms with Gasteiger partial charge >= 0.3 is 6.09 Å². The molecule has 2 unspecified atom stereocenters. The molecule has 2 rings (SSSR count). The Balaban J connectivity index is 1.85. The Morgan fingerprint density at radius 2 is 2.06 bits per heavy atom. The van der Waals surface area contributed by atoms with Crippen molar-refractivity contribution in [3.05, 3.63) is 0 Å². The van der Waals surface area contributed by atoms with Crippen LogP contribution in [0.3, 0.4) is 0 Å². The van der Waals surface area contributed by atoms with Crippen LogP contribution >= 0.6 is 12.6 Å². The Kier molecular flexibility index (Phi) is 2.89. The Hall–Kier alpha value is -0.380. The average molecular weight is 243 g/mol. The zero-order chi connectivity index (χ0) is 12.0. The highest BCUT2D eigenvalue weighted by Gasteiger charge is 2.57. The minimum atomic E-state index is -0.416. The van der Waals surface area contributed by atoms with Crippen LogP contribution in [0, 0.1) is 5.41 Å². The van der Waals surface area contributed by atoms with Gasteiger partial charge in [-0.15, -0.1) is 0 Å². The standard InChI is InChI=1S/C12H21NO2S/c1-11(2,3)15-10(14)13-8-7-9(16)12(8)5-4-6-12/h8-9,16H,4-7H2,1-3H3,(H,13,14). The van der Waals surface area contributed by atoms with Crippen LogP contribution in [-0.2, 0) is 4.74 Å². The van der Waals surface area contributed by atoms with E-state index in [9.17, 15) is 4.79 Å². The number of rotatable bonds is 1. The molecule has 0 bridgehead atoms. The lowest BCUT2D eigenvalue weighted by Crippen LogP contribution is -2.65. The number of hydrogen-bond donors (Lipinski definition) is 2. The van der Waals surface area contributed by atoms with Crippen LogP contribution in [0.25, 0.3) is 0 Å². The lowest BCUT2D eigenvalue weighted by molar-refractivity contribution is -0.0164. The van der Waals surface area contributed by atoms with Gasteiger partial charge in [0.05, 0.1) is 0 Å². The maximum Gasteiger partial charge on any atom is 0.407 e. The van der Waals surface area contributed by atoms with Crippen molar-refractivity contribution in [1.82, 2.24) is 5.32 Å². The van der Waals surface area contributed by atoms with E-state index in [4.69, 9.17) is 4.74 Å². The zero-order valence-corrected chi connectivity index (χ0v) is 11.1. The Morgan fingerprint density at radius 3 is 2.44 bits per heavy atom. The van der Waals surface area contributed by atoms with Gasteiger partial charge in [0, 0.05) is 16.7 Å². The van der Waals surface area contributed by atoms with E-state index in [1.165, 1.54) is 19.3 Å². The molecule has 0 saturated heterocycles. The van der Waals surface area contributed by atoms with E-state index in [0.717, 1.165) is 6.42 Å². The molecule has 1 spiro atoms. The van der Waals surface area contributed by atoms with E-state index >= 15 is 0 Å². The molecule has 2 atom stereocenters. The molecule has 1 amide bonds. The van der Waals surface area contributed by atoms with Crippen LogP contribution in [0.4, 0.5) is 4.79 Å². The van der Waals surface area contributed by atoms with Crippen LogP contribution in [0.2, 0.25) is 0 Å². The molecule has 0 aromatic heterocycles. The van der Waals surface area contributed by atoms with Crippen molar-refractivity contribution in [2.24, 2.45) is 5.41 Å². The summed E-state index contributed by atoms with van der Waals surface area (Å²) in [5.41, 5.74) is -0.138. The topological polar surface area (TPSA) is 38.3 Å². The predicted octanol–water partition coefficient (Wildman–Crippen LogP) is 2.75. The van der Waals surface area contributed by atoms with Crippen LogP contribution in [0.1, 0.15) is 46.5 Å². The third-order valence-corrected chi connectivity index (χ3v) is 4.52. The van der Waals surface area contributed by atoms with Gasteiger partial charge in [0.25, 0.3) is 0 Å². The first-order valence-corrected chi connectivity index (χ1v) is 6.53. The SMILES string of the molecule is CC(C)(C)OC(=O)NC1CC(S)C12CCC2. The average Bonchev–Trinajstić information content (AvgIpc) is 1.95. The molecule has 92 valence electrons. The molecular weight excluding hydrogens is 222 g/mol. The molecule has 1 N–H and O–H groups in total. The van der Waals surface area contributed by atoms with Gasteiger partial charge in [0.2, 0.25) is 0 Å². The molecule has 2 fully saturated rings. The van der Waals surface area contributed by atoms with Gasteiger partial charge in [0.1, 0.15) is 5.60 Å². The van der Waals surface area contributed by atoms with Crippen molar-refractivity contribution in [1.29, 1.82) is 0 Å². The molecule has 4 heteroatoms. The number of ether oxygens (including phenoxy) is 1. The van der Waals surface area contributed by atoms with Crippen LogP contribution < -0.4 is 5.32 Å². The molecule has 0 aliphatic heterocycles. The maximum atomic E-state index is 11.6. The fourth-order valence-corrected chi connectivity index (χ4v) is 3.33. The molecule has 2 aliphatic carbocycles. The van der Waals surface area contributed by atoms with Crippen LogP contribution in [0.5, 0.6) is 0 Å². The minimum absolute atomic E-state index is 0.276. The van der Waals surface area contributed by atoms with E-state index < -0.39 is 5.60 Å². The number of carbonyl (C=O) groups is 1. The first kappa shape index (κ1) is 12.1. The minimum Gasteiger partial charge on any atom is -0.444 e. The fraction of sp³-hybridized carbons (Fsp3) is 0.917. The predicted molar refractivity (Wildman–Crippen MR) is 66.8 cm³/mol. The lowest BCUT2D eigenvalue weighted by Gasteiger charge is -2.60. The van der Waals surface area contributed by atoms with E-state index in [0.29, 0.717) is 5.25 Å². The Bertz CT molecular complexity index is 294. The van der Waals surface area contributed by atoms with Gasteiger partial charge in [-0.2, -0.15) is 12.6 Å². The summed E-state index contributed by atoms with van der Waals surface area (Å²) in [6.45, 7) is 5.65. The van der Waals surface area contributed by atoms with E-state index in [1.54, 1.807) is 0 Å². The normalized spacial score (nSPS) is 31.5. The van der Waals surface area contributed by atoms with E-state index in [1.807, 2.05) is 20.8 Å². The van der Waals surface area contributed by atoms with Crippen molar-refractivity contribution in [3.8, 4) is 0 Å². The second kappa shape index (κ2) is 3.83. The molecule has 0 aromatic carbocycles. The van der Waals surface area contributed by atoms with Crippen molar-refractivity contribution < 1.29 is 9.53 Å². The smallest absolute Gasteiger partial charge is 0.407 e. The molecule has 16 heavy (non-hydrogen) atoms. The number of thiol groups is 1. The summed E-state index contributed by atoms with van der Waals surface area (Å²) >= 11 is 4.57. The highest BCUT2D eigenvalue weighted by atomic mass is 32.1. The highest BCUT2D eigenvalue weighted by Crippen LogP contribution is 2.58. The summed E-state index contributed by atoms with van der Waals surface area (Å²) < 4.78 is 5.27. The van der Waals surface area contributed by atoms with Crippen molar-refractivity contribution >= 4 is 18.7 Å². The first-order chi connectivity index (χ1) is 7.33. The van der Waals surface area contributed by atoms with Gasteiger partial charge in [0.15, 0.2) is 0 Å². The molecule has 2 saturated carbocycles. The van der Waals surface area contributed by atoms with Crippen LogP contribution in [-0.4, -0.2) is 23.0 Å². The molecule has 2 aliphatic rings. The number of hydrogen-bond acceptors (Lipinski definition) is 3. The van der Waals surface area contributed by atoms with Gasteiger partial charge in [-0.1, -0.05) is 6.42 Å². The fourth-order valence-electron chi connectivity index (χ4n) is 2.68. The largest absolute Gasteiger partial charge is 0.444 e. The number of carbonyl (C=O) groups excluding carboxylic acids is 1.